The van der Waals surface area contributed by atoms with Crippen molar-refractivity contribution in [3.05, 3.63) is 30.1 Å². The Morgan fingerprint density at radius 2 is 2.24 bits per heavy atom. The first kappa shape index (κ1) is 13.6. The Morgan fingerprint density at radius 1 is 1.53 bits per heavy atom. The molecule has 17 heavy (non-hydrogen) atoms. The van der Waals surface area contributed by atoms with Crippen LogP contribution in [0.25, 0.3) is 0 Å². The zero-order valence-electron chi connectivity index (χ0n) is 10.1. The molecule has 0 bridgehead atoms. The van der Waals surface area contributed by atoms with Gasteiger partial charge in [0.05, 0.1) is 4.99 Å². The van der Waals surface area contributed by atoms with Crippen molar-refractivity contribution in [1.82, 2.24) is 9.88 Å². The second-order valence-corrected chi connectivity index (χ2v) is 4.55. The Balaban J connectivity index is 2.77. The summed E-state index contributed by atoms with van der Waals surface area (Å²) < 4.78 is 0. The van der Waals surface area contributed by atoms with Crippen molar-refractivity contribution in [3.63, 3.8) is 0 Å². The van der Waals surface area contributed by atoms with Crippen molar-refractivity contribution >= 4 is 23.1 Å². The van der Waals surface area contributed by atoms with E-state index < -0.39 is 0 Å². The number of hydrogen-bond acceptors (Lipinski definition) is 3. The third-order valence-corrected chi connectivity index (χ3v) is 2.57. The number of carbonyl (C=O) groups is 1. The Hall–Kier alpha value is -1.49. The summed E-state index contributed by atoms with van der Waals surface area (Å²) in [6, 6.07) is 5.38. The van der Waals surface area contributed by atoms with Crippen LogP contribution in [0.15, 0.2) is 24.4 Å². The fourth-order valence-electron chi connectivity index (χ4n) is 1.46. The highest BCUT2D eigenvalue weighted by molar-refractivity contribution is 7.80. The van der Waals surface area contributed by atoms with Crippen molar-refractivity contribution in [2.24, 2.45) is 5.73 Å². The summed E-state index contributed by atoms with van der Waals surface area (Å²) in [5.74, 6) is -0.0862. The lowest BCUT2D eigenvalue weighted by molar-refractivity contribution is 0.0705. The summed E-state index contributed by atoms with van der Waals surface area (Å²) in [5.41, 5.74) is 5.91. The number of nitrogens with zero attached hydrogens (tertiary/aromatic N) is 2. The molecule has 0 spiro atoms. The van der Waals surface area contributed by atoms with Crippen LogP contribution < -0.4 is 5.73 Å². The molecular weight excluding hydrogens is 234 g/mol. The molecule has 0 saturated heterocycles. The fourth-order valence-corrected chi connectivity index (χ4v) is 1.55. The highest BCUT2D eigenvalue weighted by Gasteiger charge is 2.19. The molecule has 0 aromatic carbocycles. The first-order valence-electron chi connectivity index (χ1n) is 5.52. The van der Waals surface area contributed by atoms with Crippen molar-refractivity contribution in [2.75, 3.05) is 6.54 Å². The maximum absolute atomic E-state index is 12.2. The zero-order valence-corrected chi connectivity index (χ0v) is 10.9. The minimum atomic E-state index is -0.0862. The summed E-state index contributed by atoms with van der Waals surface area (Å²) >= 11 is 4.83. The van der Waals surface area contributed by atoms with Crippen LogP contribution >= 0.6 is 12.2 Å². The SMILES string of the molecule is CC(C)N(CCC(N)=S)C(=O)c1ccccn1. The first-order valence-corrected chi connectivity index (χ1v) is 5.93. The largest absolute Gasteiger partial charge is 0.393 e. The van der Waals surface area contributed by atoms with Gasteiger partial charge in [-0.25, -0.2) is 0 Å². The van der Waals surface area contributed by atoms with Gasteiger partial charge in [0.2, 0.25) is 0 Å². The van der Waals surface area contributed by atoms with Crippen LogP contribution in [0.5, 0.6) is 0 Å². The molecule has 0 aliphatic rings. The third-order valence-electron chi connectivity index (χ3n) is 2.37. The molecule has 0 aliphatic carbocycles. The molecule has 2 N–H and O–H groups in total. The molecular formula is C12H17N3OS. The lowest BCUT2D eigenvalue weighted by Gasteiger charge is -2.26. The standard InChI is InChI=1S/C12H17N3OS/c1-9(2)15(8-6-11(13)17)12(16)10-5-3-4-7-14-10/h3-5,7,9H,6,8H2,1-2H3,(H2,13,17). The van der Waals surface area contributed by atoms with Crippen LogP contribution in [0.3, 0.4) is 0 Å². The molecule has 0 saturated carbocycles. The summed E-state index contributed by atoms with van der Waals surface area (Å²) in [7, 11) is 0. The number of aromatic nitrogens is 1. The van der Waals surface area contributed by atoms with E-state index >= 15 is 0 Å². The predicted octanol–water partition coefficient (Wildman–Crippen LogP) is 1.61. The van der Waals surface area contributed by atoms with Gasteiger partial charge in [0.25, 0.3) is 5.91 Å². The van der Waals surface area contributed by atoms with Crippen LogP contribution in [0.2, 0.25) is 0 Å². The van der Waals surface area contributed by atoms with E-state index in [0.717, 1.165) is 0 Å². The minimum absolute atomic E-state index is 0.0862. The molecule has 1 amide bonds. The second-order valence-electron chi connectivity index (χ2n) is 4.02. The number of thiocarbonyl (C=S) groups is 1. The van der Waals surface area contributed by atoms with E-state index in [9.17, 15) is 4.79 Å². The van der Waals surface area contributed by atoms with Gasteiger partial charge in [-0.1, -0.05) is 18.3 Å². The zero-order chi connectivity index (χ0) is 12.8. The Bertz CT molecular complexity index is 392. The van der Waals surface area contributed by atoms with Gasteiger partial charge >= 0.3 is 0 Å². The topological polar surface area (TPSA) is 59.2 Å². The number of pyridine rings is 1. The van der Waals surface area contributed by atoms with E-state index in [4.69, 9.17) is 18.0 Å². The van der Waals surface area contributed by atoms with Crippen LogP contribution in [0.4, 0.5) is 0 Å². The number of amides is 1. The van der Waals surface area contributed by atoms with Crippen LogP contribution in [0.1, 0.15) is 30.8 Å². The highest BCUT2D eigenvalue weighted by atomic mass is 32.1. The molecule has 0 unspecified atom stereocenters. The van der Waals surface area contributed by atoms with E-state index in [-0.39, 0.29) is 11.9 Å². The maximum Gasteiger partial charge on any atom is 0.272 e. The molecule has 0 atom stereocenters. The van der Waals surface area contributed by atoms with Gasteiger partial charge in [0, 0.05) is 25.2 Å². The number of carbonyl (C=O) groups excluding carboxylic acids is 1. The van der Waals surface area contributed by atoms with Gasteiger partial charge in [-0.05, 0) is 26.0 Å². The van der Waals surface area contributed by atoms with Crippen molar-refractivity contribution in [3.8, 4) is 0 Å². The van der Waals surface area contributed by atoms with Gasteiger partial charge in [0.15, 0.2) is 0 Å². The summed E-state index contributed by atoms with van der Waals surface area (Å²) in [6.07, 6.45) is 2.14. The molecule has 0 aliphatic heterocycles. The van der Waals surface area contributed by atoms with E-state index in [2.05, 4.69) is 4.98 Å². The highest BCUT2D eigenvalue weighted by Crippen LogP contribution is 2.07. The smallest absolute Gasteiger partial charge is 0.272 e. The molecule has 1 aromatic heterocycles. The summed E-state index contributed by atoms with van der Waals surface area (Å²) in [4.78, 5) is 18.4. The average Bonchev–Trinajstić information content (AvgIpc) is 2.29. The molecule has 0 radical (unpaired) electrons. The maximum atomic E-state index is 12.2. The van der Waals surface area contributed by atoms with Crippen molar-refractivity contribution in [2.45, 2.75) is 26.3 Å². The van der Waals surface area contributed by atoms with Crippen LogP contribution in [0, 0.1) is 0 Å². The van der Waals surface area contributed by atoms with E-state index in [1.54, 1.807) is 29.3 Å². The second kappa shape index (κ2) is 6.30. The van der Waals surface area contributed by atoms with Gasteiger partial charge in [0.1, 0.15) is 5.69 Å². The third kappa shape index (κ3) is 4.11. The van der Waals surface area contributed by atoms with Crippen molar-refractivity contribution < 1.29 is 4.79 Å². The molecule has 1 heterocycles. The molecule has 1 rings (SSSR count). The first-order chi connectivity index (χ1) is 8.02. The van der Waals surface area contributed by atoms with Crippen LogP contribution in [-0.4, -0.2) is 33.4 Å². The minimum Gasteiger partial charge on any atom is -0.393 e. The fraction of sp³-hybridized carbons (Fsp3) is 0.417. The Kier molecular flexibility index (Phi) is 5.03. The number of rotatable bonds is 5. The quantitative estimate of drug-likeness (QED) is 0.808. The lowest BCUT2D eigenvalue weighted by atomic mass is 10.2. The van der Waals surface area contributed by atoms with E-state index in [0.29, 0.717) is 23.6 Å². The Morgan fingerprint density at radius 3 is 2.71 bits per heavy atom. The number of hydrogen-bond donors (Lipinski definition) is 1. The molecule has 0 fully saturated rings. The molecule has 1 aromatic rings. The average molecular weight is 251 g/mol. The van der Waals surface area contributed by atoms with Crippen molar-refractivity contribution in [1.29, 1.82) is 0 Å². The van der Waals surface area contributed by atoms with E-state index in [1.165, 1.54) is 0 Å². The molecule has 92 valence electrons. The predicted molar refractivity (Wildman–Crippen MR) is 71.8 cm³/mol. The monoisotopic (exact) mass is 251 g/mol. The van der Waals surface area contributed by atoms with Gasteiger partial charge < -0.3 is 10.6 Å². The van der Waals surface area contributed by atoms with Gasteiger partial charge in [-0.15, -0.1) is 0 Å². The molecule has 4 nitrogen and oxygen atoms in total. The van der Waals surface area contributed by atoms with E-state index in [1.807, 2.05) is 13.8 Å². The summed E-state index contributed by atoms with van der Waals surface area (Å²) in [5, 5.41) is 0. The lowest BCUT2D eigenvalue weighted by Crippen LogP contribution is -2.39. The number of nitrogens with two attached hydrogens (primary N) is 1. The van der Waals surface area contributed by atoms with Gasteiger partial charge in [-0.3, -0.25) is 9.78 Å². The Labute approximate surface area is 107 Å². The van der Waals surface area contributed by atoms with Gasteiger partial charge in [-0.2, -0.15) is 0 Å². The van der Waals surface area contributed by atoms with Crippen LogP contribution in [-0.2, 0) is 0 Å². The normalized spacial score (nSPS) is 10.3. The molecule has 5 heteroatoms. The summed E-state index contributed by atoms with van der Waals surface area (Å²) in [6.45, 7) is 4.45.